The summed E-state index contributed by atoms with van der Waals surface area (Å²) >= 11 is 7.93. The molecule has 1 saturated heterocycles. The number of thioether (sulfide) groups is 1. The molecule has 0 aromatic heterocycles. The molecule has 1 atom stereocenters. The number of nitrogens with two attached hydrogens (primary N) is 1. The molecule has 2 N–H and O–H groups in total. The smallest absolute Gasteiger partial charge is 0.0426 e. The first-order valence-electron chi connectivity index (χ1n) is 5.53. The van der Waals surface area contributed by atoms with Gasteiger partial charge in [-0.1, -0.05) is 24.6 Å². The van der Waals surface area contributed by atoms with Gasteiger partial charge in [0.1, 0.15) is 0 Å². The largest absolute Gasteiger partial charge is 0.398 e. The fourth-order valence-corrected chi connectivity index (χ4v) is 3.25. The average Bonchev–Trinajstić information content (AvgIpc) is 2.22. The van der Waals surface area contributed by atoms with Crippen LogP contribution in [0.15, 0.2) is 18.2 Å². The lowest BCUT2D eigenvalue weighted by Gasteiger charge is -2.30. The first-order chi connectivity index (χ1) is 7.65. The van der Waals surface area contributed by atoms with Crippen molar-refractivity contribution in [1.29, 1.82) is 0 Å². The summed E-state index contributed by atoms with van der Waals surface area (Å²) in [5.41, 5.74) is 7.94. The third kappa shape index (κ3) is 3.06. The van der Waals surface area contributed by atoms with Crippen LogP contribution < -0.4 is 5.73 Å². The molecule has 1 heterocycles. The molecule has 0 bridgehead atoms. The summed E-state index contributed by atoms with van der Waals surface area (Å²) in [5, 5.41) is 1.44. The van der Waals surface area contributed by atoms with Crippen molar-refractivity contribution in [2.75, 3.05) is 24.6 Å². The van der Waals surface area contributed by atoms with Crippen molar-refractivity contribution in [1.82, 2.24) is 4.90 Å². The maximum absolute atomic E-state index is 5.96. The summed E-state index contributed by atoms with van der Waals surface area (Å²) in [5.74, 6) is 1.22. The fourth-order valence-electron chi connectivity index (χ4n) is 1.98. The van der Waals surface area contributed by atoms with Gasteiger partial charge in [-0.05, 0) is 17.7 Å². The highest BCUT2D eigenvalue weighted by Crippen LogP contribution is 2.23. The number of anilines is 1. The first-order valence-corrected chi connectivity index (χ1v) is 6.95. The number of nitrogens with zero attached hydrogens (tertiary/aromatic N) is 1. The molecule has 2 rings (SSSR count). The Hall–Kier alpha value is -0.380. The van der Waals surface area contributed by atoms with Crippen LogP contribution in [0.5, 0.6) is 0 Å². The molecule has 1 unspecified atom stereocenters. The van der Waals surface area contributed by atoms with Gasteiger partial charge in [0.05, 0.1) is 0 Å². The molecule has 4 heteroatoms. The molecule has 0 aliphatic carbocycles. The van der Waals surface area contributed by atoms with Crippen molar-refractivity contribution in [2.45, 2.75) is 18.7 Å². The molecular weight excluding hydrogens is 240 g/mol. The van der Waals surface area contributed by atoms with Gasteiger partial charge in [-0.3, -0.25) is 4.90 Å². The van der Waals surface area contributed by atoms with Gasteiger partial charge in [-0.15, -0.1) is 0 Å². The summed E-state index contributed by atoms with van der Waals surface area (Å²) in [4.78, 5) is 2.46. The van der Waals surface area contributed by atoms with Crippen LogP contribution in [-0.4, -0.2) is 29.0 Å². The van der Waals surface area contributed by atoms with E-state index < -0.39 is 0 Å². The Morgan fingerprint density at radius 3 is 3.06 bits per heavy atom. The van der Waals surface area contributed by atoms with Crippen molar-refractivity contribution in [3.63, 3.8) is 0 Å². The zero-order valence-corrected chi connectivity index (χ0v) is 11.0. The predicted molar refractivity (Wildman–Crippen MR) is 73.1 cm³/mol. The monoisotopic (exact) mass is 256 g/mol. The van der Waals surface area contributed by atoms with Crippen LogP contribution in [-0.2, 0) is 6.54 Å². The highest BCUT2D eigenvalue weighted by molar-refractivity contribution is 7.99. The molecular formula is C12H17ClN2S. The Morgan fingerprint density at radius 2 is 2.38 bits per heavy atom. The molecule has 0 radical (unpaired) electrons. The van der Waals surface area contributed by atoms with E-state index in [9.17, 15) is 0 Å². The molecule has 1 aromatic carbocycles. The second kappa shape index (κ2) is 5.30. The third-order valence-electron chi connectivity index (χ3n) is 2.83. The van der Waals surface area contributed by atoms with Gasteiger partial charge in [0, 0.05) is 41.3 Å². The van der Waals surface area contributed by atoms with E-state index >= 15 is 0 Å². The number of hydrogen-bond donors (Lipinski definition) is 1. The molecule has 1 aliphatic rings. The number of hydrogen-bond acceptors (Lipinski definition) is 3. The van der Waals surface area contributed by atoms with Crippen LogP contribution in [0.2, 0.25) is 5.02 Å². The van der Waals surface area contributed by atoms with E-state index in [0.717, 1.165) is 30.6 Å². The summed E-state index contributed by atoms with van der Waals surface area (Å²) in [6, 6.07) is 5.78. The Balaban J connectivity index is 2.02. The lowest BCUT2D eigenvalue weighted by molar-refractivity contribution is 0.279. The van der Waals surface area contributed by atoms with E-state index in [1.54, 1.807) is 0 Å². The SMILES string of the molecule is CC1CN(Cc2ccc(Cl)cc2N)CCS1. The van der Waals surface area contributed by atoms with Gasteiger partial charge in [-0.2, -0.15) is 11.8 Å². The van der Waals surface area contributed by atoms with Crippen molar-refractivity contribution < 1.29 is 0 Å². The Morgan fingerprint density at radius 1 is 1.56 bits per heavy atom. The van der Waals surface area contributed by atoms with Crippen LogP contribution in [0.4, 0.5) is 5.69 Å². The zero-order chi connectivity index (χ0) is 11.5. The Kier molecular flexibility index (Phi) is 4.00. The van der Waals surface area contributed by atoms with E-state index in [0.29, 0.717) is 5.02 Å². The van der Waals surface area contributed by atoms with Gasteiger partial charge in [0.25, 0.3) is 0 Å². The summed E-state index contributed by atoms with van der Waals surface area (Å²) in [6.45, 7) is 5.51. The minimum Gasteiger partial charge on any atom is -0.398 e. The maximum atomic E-state index is 5.96. The van der Waals surface area contributed by atoms with Gasteiger partial charge >= 0.3 is 0 Å². The quantitative estimate of drug-likeness (QED) is 0.825. The molecule has 2 nitrogen and oxygen atoms in total. The predicted octanol–water partition coefficient (Wildman–Crippen LogP) is 2.86. The molecule has 1 fully saturated rings. The molecule has 88 valence electrons. The average molecular weight is 257 g/mol. The first kappa shape index (κ1) is 12.1. The molecule has 0 amide bonds. The normalized spacial score (nSPS) is 22.2. The van der Waals surface area contributed by atoms with Crippen molar-refractivity contribution in [3.8, 4) is 0 Å². The van der Waals surface area contributed by atoms with Crippen LogP contribution in [0, 0.1) is 0 Å². The molecule has 0 spiro atoms. The molecule has 0 saturated carbocycles. The third-order valence-corrected chi connectivity index (χ3v) is 4.20. The minimum atomic E-state index is 0.712. The number of nitrogen functional groups attached to an aromatic ring is 1. The van der Waals surface area contributed by atoms with Gasteiger partial charge in [0.15, 0.2) is 0 Å². The van der Waals surface area contributed by atoms with E-state index in [1.807, 2.05) is 30.0 Å². The maximum Gasteiger partial charge on any atom is 0.0426 e. The van der Waals surface area contributed by atoms with Crippen molar-refractivity contribution >= 4 is 29.1 Å². The fraction of sp³-hybridized carbons (Fsp3) is 0.500. The summed E-state index contributed by atoms with van der Waals surface area (Å²) < 4.78 is 0. The van der Waals surface area contributed by atoms with E-state index in [4.69, 9.17) is 17.3 Å². The van der Waals surface area contributed by atoms with Crippen LogP contribution in [0.25, 0.3) is 0 Å². The van der Waals surface area contributed by atoms with Gasteiger partial charge in [-0.25, -0.2) is 0 Å². The number of benzene rings is 1. The number of rotatable bonds is 2. The van der Waals surface area contributed by atoms with Crippen molar-refractivity contribution in [2.24, 2.45) is 0 Å². The van der Waals surface area contributed by atoms with E-state index in [1.165, 1.54) is 11.3 Å². The summed E-state index contributed by atoms with van der Waals surface area (Å²) in [6.07, 6.45) is 0. The minimum absolute atomic E-state index is 0.712. The molecule has 1 aromatic rings. The molecule has 16 heavy (non-hydrogen) atoms. The lowest BCUT2D eigenvalue weighted by Crippen LogP contribution is -2.36. The zero-order valence-electron chi connectivity index (χ0n) is 9.45. The van der Waals surface area contributed by atoms with Crippen LogP contribution in [0.1, 0.15) is 12.5 Å². The topological polar surface area (TPSA) is 29.3 Å². The van der Waals surface area contributed by atoms with Gasteiger partial charge < -0.3 is 5.73 Å². The second-order valence-electron chi connectivity index (χ2n) is 4.26. The van der Waals surface area contributed by atoms with E-state index in [-0.39, 0.29) is 0 Å². The van der Waals surface area contributed by atoms with E-state index in [2.05, 4.69) is 11.8 Å². The second-order valence-corrected chi connectivity index (χ2v) is 6.24. The van der Waals surface area contributed by atoms with Crippen LogP contribution in [0.3, 0.4) is 0 Å². The lowest BCUT2D eigenvalue weighted by atomic mass is 10.1. The Bertz CT molecular complexity index is 370. The molecule has 1 aliphatic heterocycles. The van der Waals surface area contributed by atoms with Gasteiger partial charge in [0.2, 0.25) is 0 Å². The Labute approximate surface area is 106 Å². The summed E-state index contributed by atoms with van der Waals surface area (Å²) in [7, 11) is 0. The highest BCUT2D eigenvalue weighted by atomic mass is 35.5. The van der Waals surface area contributed by atoms with Crippen LogP contribution >= 0.6 is 23.4 Å². The van der Waals surface area contributed by atoms with Crippen molar-refractivity contribution in [3.05, 3.63) is 28.8 Å². The highest BCUT2D eigenvalue weighted by Gasteiger charge is 2.17. The number of halogens is 1. The standard InChI is InChI=1S/C12H17ClN2S/c1-9-7-15(4-5-16-9)8-10-2-3-11(13)6-12(10)14/h2-3,6,9H,4-5,7-8,14H2,1H3.